The number of aromatic nitrogens is 1. The Bertz CT molecular complexity index is 868. The molecular weight excluding hydrogens is 356 g/mol. The zero-order valence-electron chi connectivity index (χ0n) is 14.3. The van der Waals surface area contributed by atoms with Crippen LogP contribution >= 0.6 is 22.7 Å². The average Bonchev–Trinajstić information content (AvgIpc) is 3.15. The molecular formula is C17H20N4O2S2. The van der Waals surface area contributed by atoms with Crippen molar-refractivity contribution in [1.82, 2.24) is 4.98 Å². The SMILES string of the molecule is CCN(CC)c1nc2sc(C(=O)Nc3ccc(OC)c(N)c3)cc2s1. The molecule has 2 heterocycles. The summed E-state index contributed by atoms with van der Waals surface area (Å²) in [5.41, 5.74) is 7.00. The van der Waals surface area contributed by atoms with Gasteiger partial charge in [-0.15, -0.1) is 11.3 Å². The smallest absolute Gasteiger partial charge is 0.265 e. The second-order valence-electron chi connectivity index (χ2n) is 5.36. The Morgan fingerprint density at radius 2 is 2.04 bits per heavy atom. The van der Waals surface area contributed by atoms with Crippen molar-refractivity contribution in [1.29, 1.82) is 0 Å². The van der Waals surface area contributed by atoms with E-state index in [-0.39, 0.29) is 5.91 Å². The molecule has 1 amide bonds. The van der Waals surface area contributed by atoms with Gasteiger partial charge in [0, 0.05) is 18.8 Å². The summed E-state index contributed by atoms with van der Waals surface area (Å²) in [6.07, 6.45) is 0. The summed E-state index contributed by atoms with van der Waals surface area (Å²) < 4.78 is 6.16. The van der Waals surface area contributed by atoms with Gasteiger partial charge < -0.3 is 20.7 Å². The number of hydrogen-bond acceptors (Lipinski definition) is 7. The fraction of sp³-hybridized carbons (Fsp3) is 0.294. The van der Waals surface area contributed by atoms with Crippen LogP contribution in [-0.2, 0) is 0 Å². The molecule has 0 radical (unpaired) electrons. The topological polar surface area (TPSA) is 80.5 Å². The lowest BCUT2D eigenvalue weighted by atomic mass is 10.2. The van der Waals surface area contributed by atoms with Crippen molar-refractivity contribution in [3.8, 4) is 5.75 Å². The van der Waals surface area contributed by atoms with Crippen LogP contribution in [0.1, 0.15) is 23.5 Å². The number of ether oxygens (including phenoxy) is 1. The highest BCUT2D eigenvalue weighted by molar-refractivity contribution is 7.29. The highest BCUT2D eigenvalue weighted by Gasteiger charge is 2.16. The van der Waals surface area contributed by atoms with E-state index in [2.05, 4.69) is 29.0 Å². The molecule has 0 unspecified atom stereocenters. The average molecular weight is 377 g/mol. The van der Waals surface area contributed by atoms with Gasteiger partial charge in [-0.2, -0.15) is 0 Å². The van der Waals surface area contributed by atoms with Gasteiger partial charge in [0.15, 0.2) is 5.13 Å². The standard InChI is InChI=1S/C17H20N4O2S2/c1-4-21(5-2)17-20-16-14(25-17)9-13(24-16)15(22)19-10-6-7-12(23-3)11(18)8-10/h6-9H,4-5,18H2,1-3H3,(H,19,22). The van der Waals surface area contributed by atoms with Gasteiger partial charge >= 0.3 is 0 Å². The normalized spacial score (nSPS) is 10.8. The van der Waals surface area contributed by atoms with Crippen LogP contribution in [0.3, 0.4) is 0 Å². The second-order valence-corrected chi connectivity index (χ2v) is 7.40. The van der Waals surface area contributed by atoms with Gasteiger partial charge in [0.2, 0.25) is 0 Å². The summed E-state index contributed by atoms with van der Waals surface area (Å²) >= 11 is 3.02. The molecule has 0 bridgehead atoms. The summed E-state index contributed by atoms with van der Waals surface area (Å²) in [5.74, 6) is 0.423. The summed E-state index contributed by atoms with van der Waals surface area (Å²) in [5, 5.41) is 3.86. The van der Waals surface area contributed by atoms with Gasteiger partial charge in [-0.05, 0) is 38.1 Å². The Kier molecular flexibility index (Phi) is 5.10. The molecule has 0 fully saturated rings. The number of methoxy groups -OCH3 is 1. The van der Waals surface area contributed by atoms with Crippen LogP contribution in [0.5, 0.6) is 5.75 Å². The van der Waals surface area contributed by atoms with Crippen molar-refractivity contribution in [2.75, 3.05) is 36.1 Å². The molecule has 6 nitrogen and oxygen atoms in total. The van der Waals surface area contributed by atoms with Crippen LogP contribution < -0.4 is 20.7 Å². The van der Waals surface area contributed by atoms with Crippen LogP contribution in [-0.4, -0.2) is 31.1 Å². The Morgan fingerprint density at radius 1 is 1.28 bits per heavy atom. The van der Waals surface area contributed by atoms with Crippen molar-refractivity contribution in [2.24, 2.45) is 0 Å². The molecule has 2 aromatic heterocycles. The molecule has 3 rings (SSSR count). The lowest BCUT2D eigenvalue weighted by molar-refractivity contribution is 0.103. The Labute approximate surface area is 154 Å². The molecule has 1 aromatic carbocycles. The van der Waals surface area contributed by atoms with Crippen molar-refractivity contribution >= 4 is 54.6 Å². The molecule has 0 saturated carbocycles. The van der Waals surface area contributed by atoms with Gasteiger partial charge in [-0.25, -0.2) is 4.98 Å². The first-order valence-electron chi connectivity index (χ1n) is 7.95. The lowest BCUT2D eigenvalue weighted by Gasteiger charge is -2.16. The number of carbonyl (C=O) groups excluding carboxylic acids is 1. The maximum Gasteiger partial charge on any atom is 0.265 e. The van der Waals surface area contributed by atoms with Crippen LogP contribution in [0.4, 0.5) is 16.5 Å². The van der Waals surface area contributed by atoms with Crippen molar-refractivity contribution in [3.63, 3.8) is 0 Å². The number of benzene rings is 1. The molecule has 0 atom stereocenters. The number of nitrogens with one attached hydrogen (secondary N) is 1. The van der Waals surface area contributed by atoms with E-state index < -0.39 is 0 Å². The van der Waals surface area contributed by atoms with E-state index in [1.807, 2.05) is 6.07 Å². The zero-order chi connectivity index (χ0) is 18.0. The summed E-state index contributed by atoms with van der Waals surface area (Å²) in [6, 6.07) is 7.08. The van der Waals surface area contributed by atoms with E-state index in [9.17, 15) is 4.79 Å². The Hall–Kier alpha value is -2.32. The number of thiophene rings is 1. The molecule has 0 aliphatic carbocycles. The number of nitrogen functional groups attached to an aromatic ring is 1. The van der Waals surface area contributed by atoms with E-state index >= 15 is 0 Å². The Morgan fingerprint density at radius 3 is 2.64 bits per heavy atom. The van der Waals surface area contributed by atoms with E-state index in [1.54, 1.807) is 36.6 Å². The summed E-state index contributed by atoms with van der Waals surface area (Å²) in [7, 11) is 1.56. The molecule has 0 saturated heterocycles. The van der Waals surface area contributed by atoms with Crippen molar-refractivity contribution < 1.29 is 9.53 Å². The number of nitrogens with zero attached hydrogens (tertiary/aromatic N) is 2. The molecule has 3 N–H and O–H groups in total. The monoisotopic (exact) mass is 376 g/mol. The quantitative estimate of drug-likeness (QED) is 0.635. The van der Waals surface area contributed by atoms with Crippen molar-refractivity contribution in [2.45, 2.75) is 13.8 Å². The second kappa shape index (κ2) is 7.28. The predicted octanol–water partition coefficient (Wildman–Crippen LogP) is 4.05. The minimum absolute atomic E-state index is 0.163. The molecule has 0 aliphatic rings. The van der Waals surface area contributed by atoms with Crippen LogP contribution in [0, 0.1) is 0 Å². The first-order valence-corrected chi connectivity index (χ1v) is 9.59. The highest BCUT2D eigenvalue weighted by Crippen LogP contribution is 2.35. The maximum atomic E-state index is 12.5. The lowest BCUT2D eigenvalue weighted by Crippen LogP contribution is -2.21. The number of carbonyl (C=O) groups is 1. The first-order chi connectivity index (χ1) is 12.0. The van der Waals surface area contributed by atoms with Gasteiger partial charge in [0.1, 0.15) is 10.6 Å². The largest absolute Gasteiger partial charge is 0.495 e. The number of thiazole rings is 1. The highest BCUT2D eigenvalue weighted by atomic mass is 32.1. The van der Waals surface area contributed by atoms with Crippen LogP contribution in [0.15, 0.2) is 24.3 Å². The number of fused-ring (bicyclic) bond motifs is 1. The number of anilines is 3. The summed E-state index contributed by atoms with van der Waals surface area (Å²) in [6.45, 7) is 6.06. The fourth-order valence-electron chi connectivity index (χ4n) is 2.47. The van der Waals surface area contributed by atoms with Gasteiger partial charge in [0.05, 0.1) is 22.4 Å². The first kappa shape index (κ1) is 17.5. The third kappa shape index (κ3) is 3.54. The van der Waals surface area contributed by atoms with E-state index in [1.165, 1.54) is 11.3 Å². The van der Waals surface area contributed by atoms with E-state index in [4.69, 9.17) is 10.5 Å². The van der Waals surface area contributed by atoms with Crippen LogP contribution in [0.25, 0.3) is 9.53 Å². The van der Waals surface area contributed by atoms with Gasteiger partial charge in [0.25, 0.3) is 5.91 Å². The van der Waals surface area contributed by atoms with Gasteiger partial charge in [-0.3, -0.25) is 4.79 Å². The molecule has 25 heavy (non-hydrogen) atoms. The number of hydrogen-bond donors (Lipinski definition) is 2. The minimum atomic E-state index is -0.163. The third-order valence-electron chi connectivity index (χ3n) is 3.82. The minimum Gasteiger partial charge on any atom is -0.495 e. The molecule has 3 aromatic rings. The number of rotatable bonds is 6. The zero-order valence-corrected chi connectivity index (χ0v) is 16.0. The number of amides is 1. The van der Waals surface area contributed by atoms with E-state index in [0.29, 0.717) is 22.0 Å². The molecule has 8 heteroatoms. The number of nitrogens with two attached hydrogens (primary N) is 1. The fourth-order valence-corrected chi connectivity index (χ4v) is 4.70. The third-order valence-corrected chi connectivity index (χ3v) is 6.04. The van der Waals surface area contributed by atoms with E-state index in [0.717, 1.165) is 27.8 Å². The predicted molar refractivity (Wildman–Crippen MR) is 106 cm³/mol. The maximum absolute atomic E-state index is 12.5. The Balaban J connectivity index is 1.78. The summed E-state index contributed by atoms with van der Waals surface area (Å²) in [4.78, 5) is 20.9. The van der Waals surface area contributed by atoms with Crippen LogP contribution in [0.2, 0.25) is 0 Å². The molecule has 132 valence electrons. The van der Waals surface area contributed by atoms with Gasteiger partial charge in [-0.1, -0.05) is 11.3 Å². The van der Waals surface area contributed by atoms with Crippen molar-refractivity contribution in [3.05, 3.63) is 29.1 Å². The molecule has 0 aliphatic heterocycles. The molecule has 0 spiro atoms.